The molecule has 2 rings (SSSR count). The fourth-order valence-electron chi connectivity index (χ4n) is 3.21. The maximum atomic E-state index is 13.3. The van der Waals surface area contributed by atoms with Gasteiger partial charge in [0.1, 0.15) is 23.3 Å². The van der Waals surface area contributed by atoms with Gasteiger partial charge >= 0.3 is 0 Å². The zero-order valence-electron chi connectivity index (χ0n) is 19.3. The molecule has 2 aromatic rings. The molecule has 1 atom stereocenters. The average molecular weight is 497 g/mol. The van der Waals surface area contributed by atoms with Gasteiger partial charge in [-0.3, -0.25) is 9.59 Å². The van der Waals surface area contributed by atoms with Crippen LogP contribution in [0, 0.1) is 0 Å². The molecule has 2 amide bonds. The van der Waals surface area contributed by atoms with E-state index in [4.69, 9.17) is 37.4 Å². The van der Waals surface area contributed by atoms with Crippen molar-refractivity contribution in [1.82, 2.24) is 10.2 Å². The van der Waals surface area contributed by atoms with E-state index in [1.807, 2.05) is 13.8 Å². The number of amides is 2. The van der Waals surface area contributed by atoms with Gasteiger partial charge in [0, 0.05) is 41.3 Å². The smallest absolute Gasteiger partial charge is 0.261 e. The summed E-state index contributed by atoms with van der Waals surface area (Å²) >= 11 is 12.4. The van der Waals surface area contributed by atoms with E-state index in [0.717, 1.165) is 6.42 Å². The quantitative estimate of drug-likeness (QED) is 0.459. The van der Waals surface area contributed by atoms with Gasteiger partial charge in [-0.1, -0.05) is 43.1 Å². The van der Waals surface area contributed by atoms with Gasteiger partial charge < -0.3 is 24.4 Å². The molecule has 0 aliphatic carbocycles. The van der Waals surface area contributed by atoms with Crippen LogP contribution in [-0.2, 0) is 16.1 Å². The Morgan fingerprint density at radius 2 is 1.64 bits per heavy atom. The van der Waals surface area contributed by atoms with Crippen LogP contribution in [0.2, 0.25) is 10.0 Å². The Kier molecular flexibility index (Phi) is 10.6. The molecular weight excluding hydrogens is 467 g/mol. The molecule has 0 aliphatic rings. The minimum absolute atomic E-state index is 0.137. The van der Waals surface area contributed by atoms with Crippen molar-refractivity contribution in [3.63, 3.8) is 0 Å². The van der Waals surface area contributed by atoms with E-state index in [9.17, 15) is 9.59 Å². The second-order valence-electron chi connectivity index (χ2n) is 7.31. The van der Waals surface area contributed by atoms with Crippen LogP contribution < -0.4 is 19.5 Å². The maximum absolute atomic E-state index is 13.3. The lowest BCUT2D eigenvalue weighted by molar-refractivity contribution is -0.143. The van der Waals surface area contributed by atoms with Crippen LogP contribution in [0.4, 0.5) is 0 Å². The Balaban J connectivity index is 2.27. The van der Waals surface area contributed by atoms with Crippen molar-refractivity contribution in [2.45, 2.75) is 39.3 Å². The number of halogens is 2. The summed E-state index contributed by atoms with van der Waals surface area (Å²) < 4.78 is 16.2. The van der Waals surface area contributed by atoms with E-state index in [0.29, 0.717) is 45.8 Å². The van der Waals surface area contributed by atoms with Crippen LogP contribution in [0.15, 0.2) is 36.4 Å². The first kappa shape index (κ1) is 26.6. The number of nitrogens with one attached hydrogen (secondary N) is 1. The predicted molar refractivity (Wildman–Crippen MR) is 129 cm³/mol. The highest BCUT2D eigenvalue weighted by molar-refractivity contribution is 6.35. The molecule has 1 unspecified atom stereocenters. The van der Waals surface area contributed by atoms with Crippen LogP contribution in [-0.4, -0.2) is 50.1 Å². The van der Waals surface area contributed by atoms with E-state index in [1.165, 1.54) is 19.1 Å². The fourth-order valence-corrected chi connectivity index (χ4v) is 3.68. The molecule has 7 nitrogen and oxygen atoms in total. The molecule has 0 aliphatic heterocycles. The molecule has 0 bridgehead atoms. The van der Waals surface area contributed by atoms with Gasteiger partial charge in [-0.15, -0.1) is 0 Å². The Morgan fingerprint density at radius 3 is 2.18 bits per heavy atom. The highest BCUT2D eigenvalue weighted by atomic mass is 35.5. The number of methoxy groups -OCH3 is 2. The summed E-state index contributed by atoms with van der Waals surface area (Å²) in [5, 5.41) is 3.78. The predicted octanol–water partition coefficient (Wildman–Crippen LogP) is 4.72. The Hall–Kier alpha value is -2.64. The van der Waals surface area contributed by atoms with E-state index in [2.05, 4.69) is 5.32 Å². The first-order valence-corrected chi connectivity index (χ1v) is 11.4. The van der Waals surface area contributed by atoms with E-state index >= 15 is 0 Å². The zero-order chi connectivity index (χ0) is 24.4. The van der Waals surface area contributed by atoms with Crippen molar-refractivity contribution in [2.24, 2.45) is 0 Å². The molecule has 2 aromatic carbocycles. The number of carbonyl (C=O) groups excluding carboxylic acids is 2. The molecule has 0 heterocycles. The summed E-state index contributed by atoms with van der Waals surface area (Å²) in [5.74, 6) is 0.897. The Labute approximate surface area is 204 Å². The van der Waals surface area contributed by atoms with Gasteiger partial charge in [-0.25, -0.2) is 0 Å². The van der Waals surface area contributed by atoms with Gasteiger partial charge in [-0.05, 0) is 30.5 Å². The van der Waals surface area contributed by atoms with Crippen LogP contribution in [0.5, 0.6) is 17.2 Å². The molecule has 0 spiro atoms. The van der Waals surface area contributed by atoms with Crippen molar-refractivity contribution in [1.29, 1.82) is 0 Å². The molecule has 1 N–H and O–H groups in total. The van der Waals surface area contributed by atoms with Crippen molar-refractivity contribution < 1.29 is 23.8 Å². The lowest BCUT2D eigenvalue weighted by atomic mass is 10.1. The number of hydrogen-bond acceptors (Lipinski definition) is 5. The highest BCUT2D eigenvalue weighted by Crippen LogP contribution is 2.28. The minimum atomic E-state index is -0.681. The largest absolute Gasteiger partial charge is 0.496 e. The van der Waals surface area contributed by atoms with E-state index in [1.54, 1.807) is 36.4 Å². The molecule has 0 fully saturated rings. The summed E-state index contributed by atoms with van der Waals surface area (Å²) in [6.45, 7) is 4.21. The molecule has 0 saturated carbocycles. The molecule has 0 saturated heterocycles. The lowest BCUT2D eigenvalue weighted by Gasteiger charge is -2.31. The number of hydrogen-bond donors (Lipinski definition) is 1. The first-order valence-electron chi connectivity index (χ1n) is 10.7. The standard InChI is InChI=1S/C24H30Cl2N2O5/c1-5-9-27-24(30)22(6-2)28(14-16-7-8-17(25)10-21(16)26)23(29)15-33-20-12-18(31-3)11-19(13-20)32-4/h7-8,10-13,22H,5-6,9,14-15H2,1-4H3,(H,27,30). The summed E-state index contributed by atoms with van der Waals surface area (Å²) in [4.78, 5) is 27.6. The zero-order valence-corrected chi connectivity index (χ0v) is 20.8. The third-order valence-corrected chi connectivity index (χ3v) is 5.57. The minimum Gasteiger partial charge on any atom is -0.496 e. The normalized spacial score (nSPS) is 11.5. The van der Waals surface area contributed by atoms with Crippen molar-refractivity contribution in [3.05, 3.63) is 52.0 Å². The first-order chi connectivity index (χ1) is 15.8. The van der Waals surface area contributed by atoms with Gasteiger partial charge in [0.15, 0.2) is 6.61 Å². The molecule has 33 heavy (non-hydrogen) atoms. The van der Waals surface area contributed by atoms with E-state index < -0.39 is 6.04 Å². The number of rotatable bonds is 12. The lowest BCUT2D eigenvalue weighted by Crippen LogP contribution is -2.50. The topological polar surface area (TPSA) is 77.1 Å². The third-order valence-electron chi connectivity index (χ3n) is 4.98. The molecule has 0 radical (unpaired) electrons. The molecular formula is C24H30Cl2N2O5. The van der Waals surface area contributed by atoms with Crippen LogP contribution >= 0.6 is 23.2 Å². The number of carbonyl (C=O) groups is 2. The second kappa shape index (κ2) is 13.2. The number of ether oxygens (including phenoxy) is 3. The molecule has 9 heteroatoms. The van der Waals surface area contributed by atoms with Gasteiger partial charge in [0.2, 0.25) is 5.91 Å². The van der Waals surface area contributed by atoms with Crippen molar-refractivity contribution in [3.8, 4) is 17.2 Å². The fraction of sp³-hybridized carbons (Fsp3) is 0.417. The van der Waals surface area contributed by atoms with Crippen LogP contribution in [0.25, 0.3) is 0 Å². The number of nitrogens with zero attached hydrogens (tertiary/aromatic N) is 1. The van der Waals surface area contributed by atoms with Crippen LogP contribution in [0.3, 0.4) is 0 Å². The van der Waals surface area contributed by atoms with Gasteiger partial charge in [0.05, 0.1) is 14.2 Å². The van der Waals surface area contributed by atoms with Gasteiger partial charge in [0.25, 0.3) is 5.91 Å². The van der Waals surface area contributed by atoms with Crippen molar-refractivity contribution in [2.75, 3.05) is 27.4 Å². The van der Waals surface area contributed by atoms with Crippen molar-refractivity contribution >= 4 is 35.0 Å². The monoisotopic (exact) mass is 496 g/mol. The summed E-state index contributed by atoms with van der Waals surface area (Å²) in [5.41, 5.74) is 0.680. The molecule has 0 aromatic heterocycles. The molecule has 180 valence electrons. The summed E-state index contributed by atoms with van der Waals surface area (Å²) in [6.07, 6.45) is 1.22. The average Bonchev–Trinajstić information content (AvgIpc) is 2.81. The number of benzene rings is 2. The summed E-state index contributed by atoms with van der Waals surface area (Å²) in [7, 11) is 3.06. The Bertz CT molecular complexity index is 932. The Morgan fingerprint density at radius 1 is 1.00 bits per heavy atom. The van der Waals surface area contributed by atoms with E-state index in [-0.39, 0.29) is 25.0 Å². The maximum Gasteiger partial charge on any atom is 0.261 e. The summed E-state index contributed by atoms with van der Waals surface area (Å²) in [6, 6.07) is 9.38. The van der Waals surface area contributed by atoms with Gasteiger partial charge in [-0.2, -0.15) is 0 Å². The highest BCUT2D eigenvalue weighted by Gasteiger charge is 2.29. The third kappa shape index (κ3) is 7.72. The van der Waals surface area contributed by atoms with Crippen LogP contribution in [0.1, 0.15) is 32.3 Å². The second-order valence-corrected chi connectivity index (χ2v) is 8.15. The SMILES string of the molecule is CCCNC(=O)C(CC)N(Cc1ccc(Cl)cc1Cl)C(=O)COc1cc(OC)cc(OC)c1.